The number of likely N-dealkylation sites (tertiary alicyclic amines) is 1. The summed E-state index contributed by atoms with van der Waals surface area (Å²) < 4.78 is 67.3. The van der Waals surface area contributed by atoms with Crippen molar-refractivity contribution in [2.45, 2.75) is 69.0 Å². The van der Waals surface area contributed by atoms with Crippen LogP contribution in [0.3, 0.4) is 0 Å². The number of hydrogen-bond acceptors (Lipinski definition) is 9. The van der Waals surface area contributed by atoms with Crippen LogP contribution < -0.4 is 10.2 Å². The molecule has 5 rings (SSSR count). The molecule has 1 aromatic heterocycles. The monoisotopic (exact) mass is 665 g/mol. The average molecular weight is 666 g/mol. The molecular weight excluding hydrogens is 632 g/mol. The Balaban J connectivity index is 1.57. The Labute approximate surface area is 264 Å². The van der Waals surface area contributed by atoms with Crippen LogP contribution in [0.25, 0.3) is 11.5 Å². The Kier molecular flexibility index (Phi) is 8.70. The van der Waals surface area contributed by atoms with E-state index in [1.165, 1.54) is 21.9 Å². The number of sulfone groups is 1. The van der Waals surface area contributed by atoms with E-state index in [1.54, 1.807) is 59.0 Å². The molecule has 3 heterocycles. The molecule has 11 nitrogen and oxygen atoms in total. The van der Waals surface area contributed by atoms with Crippen molar-refractivity contribution in [3.05, 3.63) is 58.4 Å². The topological polar surface area (TPSA) is 135 Å². The Bertz CT molecular complexity index is 1730. The van der Waals surface area contributed by atoms with Crippen molar-refractivity contribution < 1.29 is 35.9 Å². The summed E-state index contributed by atoms with van der Waals surface area (Å²) >= 11 is 6.06. The average Bonchev–Trinajstić information content (AvgIpc) is 3.38. The molecule has 1 unspecified atom stereocenters. The van der Waals surface area contributed by atoms with Gasteiger partial charge in [0.1, 0.15) is 11.6 Å². The van der Waals surface area contributed by atoms with Gasteiger partial charge in [-0.15, -0.1) is 10.2 Å². The molecule has 1 N–H and O–H groups in total. The summed E-state index contributed by atoms with van der Waals surface area (Å²) in [6, 6.07) is 8.08. The van der Waals surface area contributed by atoms with E-state index in [0.29, 0.717) is 28.3 Å². The van der Waals surface area contributed by atoms with Crippen molar-refractivity contribution in [3.8, 4) is 11.5 Å². The first-order valence-electron chi connectivity index (χ1n) is 14.2. The maximum Gasteiger partial charge on any atom is 0.408 e. The van der Waals surface area contributed by atoms with Crippen molar-refractivity contribution in [1.82, 2.24) is 20.4 Å². The highest BCUT2D eigenvalue weighted by Crippen LogP contribution is 2.40. The van der Waals surface area contributed by atoms with Crippen molar-refractivity contribution >= 4 is 39.1 Å². The molecule has 3 aromatic rings. The summed E-state index contributed by atoms with van der Waals surface area (Å²) in [5.41, 5.74) is 0.550. The lowest BCUT2D eigenvalue weighted by Crippen LogP contribution is -2.51. The minimum Gasteiger partial charge on any atom is -0.444 e. The van der Waals surface area contributed by atoms with Crippen molar-refractivity contribution in [3.63, 3.8) is 0 Å². The van der Waals surface area contributed by atoms with Crippen LogP contribution in [0.2, 0.25) is 5.02 Å². The number of halogens is 3. The van der Waals surface area contributed by atoms with Gasteiger partial charge < -0.3 is 19.4 Å². The fraction of sp³-hybridized carbons (Fsp3) is 0.467. The van der Waals surface area contributed by atoms with Gasteiger partial charge in [0, 0.05) is 23.6 Å². The van der Waals surface area contributed by atoms with E-state index in [0.717, 1.165) is 0 Å². The van der Waals surface area contributed by atoms with Crippen molar-refractivity contribution in [2.24, 2.45) is 0 Å². The fourth-order valence-electron chi connectivity index (χ4n) is 5.54. The molecule has 15 heteroatoms. The second kappa shape index (κ2) is 12.0. The number of alkyl carbamates (subject to hydrolysis) is 1. The van der Waals surface area contributed by atoms with Gasteiger partial charge in [-0.2, -0.15) is 0 Å². The van der Waals surface area contributed by atoms with Gasteiger partial charge in [0.2, 0.25) is 11.8 Å². The highest BCUT2D eigenvalue weighted by Gasteiger charge is 2.42. The van der Waals surface area contributed by atoms with Crippen LogP contribution >= 0.6 is 11.6 Å². The van der Waals surface area contributed by atoms with Gasteiger partial charge in [-0.05, 0) is 70.1 Å². The number of piperidine rings is 1. The van der Waals surface area contributed by atoms with Crippen LogP contribution in [0.5, 0.6) is 0 Å². The number of aryl methyl sites for hydroxylation is 1. The number of ether oxygens (including phenoxy) is 1. The Morgan fingerprint density at radius 3 is 2.53 bits per heavy atom. The summed E-state index contributed by atoms with van der Waals surface area (Å²) in [5.74, 6) is -5.00. The third-order valence-electron chi connectivity index (χ3n) is 7.43. The number of anilines is 1. The molecular formula is C30H34ClF2N5O6S. The molecule has 0 radical (unpaired) electrons. The number of benzene rings is 2. The summed E-state index contributed by atoms with van der Waals surface area (Å²) in [7, 11) is -2.55. The first-order chi connectivity index (χ1) is 20.9. The number of rotatable bonds is 5. The zero-order chi connectivity index (χ0) is 32.9. The smallest absolute Gasteiger partial charge is 0.408 e. The molecule has 242 valence electrons. The maximum atomic E-state index is 14.3. The van der Waals surface area contributed by atoms with E-state index in [4.69, 9.17) is 20.8 Å². The van der Waals surface area contributed by atoms with Gasteiger partial charge in [0.15, 0.2) is 9.84 Å². The van der Waals surface area contributed by atoms with Crippen molar-refractivity contribution in [1.29, 1.82) is 0 Å². The largest absolute Gasteiger partial charge is 0.444 e. The molecule has 1 saturated heterocycles. The van der Waals surface area contributed by atoms with E-state index in [1.807, 2.05) is 0 Å². The predicted molar refractivity (Wildman–Crippen MR) is 162 cm³/mol. The molecule has 45 heavy (non-hydrogen) atoms. The van der Waals surface area contributed by atoms with E-state index in [9.17, 15) is 26.8 Å². The standard InChI is InChI=1S/C30H34ClF2N5O6S/c1-17-10-24-23(11-21(17)26-36-35-25(43-26)19-12-30(32,33)16-37(5)14-19)38(13-18-6-8-20(31)9-7-18)27(39)22(15-45(24,41)42)34-28(40)44-29(2,3)4/h6-11,19,22H,12-16H2,1-5H3,(H,34,40)/t19?,22-/m0/s1. The zero-order valence-corrected chi connectivity index (χ0v) is 27.0. The SMILES string of the molecule is Cc1cc2c(cc1-c1nnc(C3CN(C)CC(F)(F)C3)o1)N(Cc1ccc(Cl)cc1)C(=O)[C@@H](NC(=O)OC(C)(C)C)CS2(=O)=O. The van der Waals surface area contributed by atoms with Gasteiger partial charge in [0.25, 0.3) is 11.8 Å². The van der Waals surface area contributed by atoms with Crippen LogP contribution in [0.1, 0.15) is 50.1 Å². The fourth-order valence-corrected chi connectivity index (χ4v) is 7.35. The molecule has 2 aliphatic rings. The highest BCUT2D eigenvalue weighted by molar-refractivity contribution is 7.91. The van der Waals surface area contributed by atoms with Crippen LogP contribution in [0, 0.1) is 6.92 Å². The summed E-state index contributed by atoms with van der Waals surface area (Å²) in [5, 5.41) is 11.1. The van der Waals surface area contributed by atoms with E-state index in [-0.39, 0.29) is 35.5 Å². The molecule has 0 spiro atoms. The van der Waals surface area contributed by atoms with E-state index < -0.39 is 57.5 Å². The van der Waals surface area contributed by atoms with Gasteiger partial charge >= 0.3 is 6.09 Å². The predicted octanol–water partition coefficient (Wildman–Crippen LogP) is 4.97. The molecule has 0 saturated carbocycles. The first-order valence-corrected chi connectivity index (χ1v) is 16.3. The number of alkyl halides is 2. The molecule has 2 aliphatic heterocycles. The number of aromatic nitrogens is 2. The molecule has 2 amide bonds. The second-order valence-electron chi connectivity index (χ2n) is 12.6. The molecule has 0 aliphatic carbocycles. The number of carbonyl (C=O) groups is 2. The van der Waals surface area contributed by atoms with Crippen LogP contribution in [-0.4, -0.2) is 79.0 Å². The molecule has 1 fully saturated rings. The van der Waals surface area contributed by atoms with Gasteiger partial charge in [-0.25, -0.2) is 22.0 Å². The summed E-state index contributed by atoms with van der Waals surface area (Å²) in [4.78, 5) is 29.3. The minimum atomic E-state index is -4.14. The maximum absolute atomic E-state index is 14.3. The number of fused-ring (bicyclic) bond motifs is 1. The lowest BCUT2D eigenvalue weighted by Gasteiger charge is -2.33. The van der Waals surface area contributed by atoms with Gasteiger partial charge in [0.05, 0.1) is 35.3 Å². The van der Waals surface area contributed by atoms with Gasteiger partial charge in [-0.3, -0.25) is 9.69 Å². The normalized spacial score (nSPS) is 21.6. The zero-order valence-electron chi connectivity index (χ0n) is 25.4. The lowest BCUT2D eigenvalue weighted by molar-refractivity contribution is -0.120. The molecule has 0 bridgehead atoms. The third-order valence-corrected chi connectivity index (χ3v) is 9.45. The number of carbonyl (C=O) groups excluding carboxylic acids is 2. The summed E-state index contributed by atoms with van der Waals surface area (Å²) in [6.45, 7) is 6.44. The molecule has 2 aromatic carbocycles. The van der Waals surface area contributed by atoms with Crippen molar-refractivity contribution in [2.75, 3.05) is 30.8 Å². The second-order valence-corrected chi connectivity index (χ2v) is 15.0. The number of likely N-dealkylation sites (N-methyl/N-ethyl adjacent to an activating group) is 1. The quantitative estimate of drug-likeness (QED) is 0.401. The highest BCUT2D eigenvalue weighted by atomic mass is 35.5. The van der Waals surface area contributed by atoms with Crippen LogP contribution in [0.15, 0.2) is 45.7 Å². The number of nitrogens with one attached hydrogen (secondary N) is 1. The summed E-state index contributed by atoms with van der Waals surface area (Å²) in [6.07, 6.45) is -1.39. The number of hydrogen-bond donors (Lipinski definition) is 1. The molecule has 2 atom stereocenters. The van der Waals surface area contributed by atoms with E-state index >= 15 is 0 Å². The third kappa shape index (κ3) is 7.45. The lowest BCUT2D eigenvalue weighted by atomic mass is 9.95. The minimum absolute atomic E-state index is 0.00851. The Hall–Kier alpha value is -3.62. The number of amides is 2. The Morgan fingerprint density at radius 2 is 1.89 bits per heavy atom. The van der Waals surface area contributed by atoms with Gasteiger partial charge in [-0.1, -0.05) is 23.7 Å². The van der Waals surface area contributed by atoms with E-state index in [2.05, 4.69) is 15.5 Å². The van der Waals surface area contributed by atoms with Crippen LogP contribution in [0.4, 0.5) is 19.3 Å². The first kappa shape index (κ1) is 32.8. The van der Waals surface area contributed by atoms with Crippen LogP contribution in [-0.2, 0) is 25.9 Å². The number of nitrogens with zero attached hydrogens (tertiary/aromatic N) is 4. The Morgan fingerprint density at radius 1 is 1.20 bits per heavy atom.